The van der Waals surface area contributed by atoms with E-state index in [9.17, 15) is 8.42 Å². The van der Waals surface area contributed by atoms with Crippen LogP contribution in [0, 0.1) is 0 Å². The van der Waals surface area contributed by atoms with Crippen molar-refractivity contribution in [1.82, 2.24) is 10.0 Å². The van der Waals surface area contributed by atoms with E-state index in [1.165, 1.54) is 0 Å². The van der Waals surface area contributed by atoms with Crippen molar-refractivity contribution in [2.45, 2.75) is 25.3 Å². The second-order valence-corrected chi connectivity index (χ2v) is 5.72. The average molecular weight is 286 g/mol. The summed E-state index contributed by atoms with van der Waals surface area (Å²) in [5, 5.41) is 3.14. The molecule has 1 rings (SSSR count). The van der Waals surface area contributed by atoms with E-state index in [1.54, 1.807) is 12.1 Å². The van der Waals surface area contributed by atoms with Crippen LogP contribution in [-0.4, -0.2) is 34.7 Å². The standard InChI is InChI=1S/C13H22N2O3S/c1-3-14-11-12-7-5-6-8-13(12)19(16,17)15-9-10-18-4-2/h5-8,14-15H,3-4,9-11H2,1-2H3. The minimum Gasteiger partial charge on any atom is -0.380 e. The summed E-state index contributed by atoms with van der Waals surface area (Å²) in [4.78, 5) is 0.326. The lowest BCUT2D eigenvalue weighted by Crippen LogP contribution is -2.29. The maximum Gasteiger partial charge on any atom is 0.240 e. The van der Waals surface area contributed by atoms with Gasteiger partial charge in [-0.25, -0.2) is 13.1 Å². The number of hydrogen-bond acceptors (Lipinski definition) is 4. The van der Waals surface area contributed by atoms with Crippen LogP contribution >= 0.6 is 0 Å². The molecule has 0 saturated heterocycles. The topological polar surface area (TPSA) is 67.4 Å². The summed E-state index contributed by atoms with van der Waals surface area (Å²) in [6, 6.07) is 7.01. The number of benzene rings is 1. The molecule has 0 fully saturated rings. The van der Waals surface area contributed by atoms with Crippen molar-refractivity contribution in [1.29, 1.82) is 0 Å². The highest BCUT2D eigenvalue weighted by Gasteiger charge is 2.16. The van der Waals surface area contributed by atoms with Gasteiger partial charge in [0, 0.05) is 19.7 Å². The highest BCUT2D eigenvalue weighted by Crippen LogP contribution is 2.14. The summed E-state index contributed by atoms with van der Waals surface area (Å²) in [7, 11) is -3.47. The van der Waals surface area contributed by atoms with Gasteiger partial charge in [0.2, 0.25) is 10.0 Å². The third-order valence-electron chi connectivity index (χ3n) is 2.57. The Morgan fingerprint density at radius 1 is 1.21 bits per heavy atom. The van der Waals surface area contributed by atoms with Crippen LogP contribution < -0.4 is 10.0 Å². The lowest BCUT2D eigenvalue weighted by atomic mass is 10.2. The van der Waals surface area contributed by atoms with Gasteiger partial charge >= 0.3 is 0 Å². The van der Waals surface area contributed by atoms with Gasteiger partial charge in [0.15, 0.2) is 0 Å². The maximum atomic E-state index is 12.2. The fourth-order valence-electron chi connectivity index (χ4n) is 1.64. The summed E-state index contributed by atoms with van der Waals surface area (Å²) in [6.07, 6.45) is 0. The molecule has 0 aliphatic carbocycles. The zero-order valence-corrected chi connectivity index (χ0v) is 12.3. The zero-order valence-electron chi connectivity index (χ0n) is 11.5. The Labute approximate surface area is 115 Å². The molecule has 2 N–H and O–H groups in total. The third-order valence-corrected chi connectivity index (χ3v) is 4.13. The lowest BCUT2D eigenvalue weighted by Gasteiger charge is -2.11. The molecule has 1 aromatic carbocycles. The number of sulfonamides is 1. The van der Waals surface area contributed by atoms with E-state index in [4.69, 9.17) is 4.74 Å². The number of rotatable bonds is 9. The molecule has 0 atom stereocenters. The maximum absolute atomic E-state index is 12.2. The Kier molecular flexibility index (Phi) is 7.01. The van der Waals surface area contributed by atoms with Crippen molar-refractivity contribution in [2.24, 2.45) is 0 Å². The minimum absolute atomic E-state index is 0.283. The predicted molar refractivity (Wildman–Crippen MR) is 75.5 cm³/mol. The monoisotopic (exact) mass is 286 g/mol. The minimum atomic E-state index is -3.47. The van der Waals surface area contributed by atoms with Gasteiger partial charge in [-0.2, -0.15) is 0 Å². The van der Waals surface area contributed by atoms with Gasteiger partial charge in [-0.05, 0) is 25.1 Å². The molecule has 6 heteroatoms. The van der Waals surface area contributed by atoms with Gasteiger partial charge in [-0.1, -0.05) is 25.1 Å². The normalized spacial score (nSPS) is 11.7. The Hall–Kier alpha value is -0.950. The van der Waals surface area contributed by atoms with Crippen LogP contribution in [0.5, 0.6) is 0 Å². The van der Waals surface area contributed by atoms with Crippen molar-refractivity contribution in [3.8, 4) is 0 Å². The zero-order chi connectivity index (χ0) is 14.1. The van der Waals surface area contributed by atoms with E-state index in [-0.39, 0.29) is 6.54 Å². The summed E-state index contributed by atoms with van der Waals surface area (Å²) in [5.41, 5.74) is 0.772. The van der Waals surface area contributed by atoms with Crippen LogP contribution in [0.25, 0.3) is 0 Å². The Bertz CT molecular complexity index is 475. The van der Waals surface area contributed by atoms with Crippen LogP contribution in [-0.2, 0) is 21.3 Å². The molecular weight excluding hydrogens is 264 g/mol. The Balaban J connectivity index is 2.76. The van der Waals surface area contributed by atoms with Crippen LogP contribution in [0.3, 0.4) is 0 Å². The van der Waals surface area contributed by atoms with E-state index in [0.717, 1.165) is 12.1 Å². The Morgan fingerprint density at radius 2 is 1.95 bits per heavy atom. The summed E-state index contributed by atoms with van der Waals surface area (Å²) in [6.45, 7) is 6.44. The molecule has 0 aromatic heterocycles. The van der Waals surface area contributed by atoms with Crippen molar-refractivity contribution >= 4 is 10.0 Å². The fourth-order valence-corrected chi connectivity index (χ4v) is 2.89. The summed E-state index contributed by atoms with van der Waals surface area (Å²) >= 11 is 0. The summed E-state index contributed by atoms with van der Waals surface area (Å²) < 4.78 is 32.0. The van der Waals surface area contributed by atoms with E-state index in [1.807, 2.05) is 26.0 Å². The van der Waals surface area contributed by atoms with E-state index < -0.39 is 10.0 Å². The number of nitrogens with one attached hydrogen (secondary N) is 2. The average Bonchev–Trinajstić information content (AvgIpc) is 2.41. The smallest absolute Gasteiger partial charge is 0.240 e. The van der Waals surface area contributed by atoms with Crippen molar-refractivity contribution in [3.05, 3.63) is 29.8 Å². The largest absolute Gasteiger partial charge is 0.380 e. The highest BCUT2D eigenvalue weighted by molar-refractivity contribution is 7.89. The molecule has 0 spiro atoms. The van der Waals surface area contributed by atoms with Crippen LogP contribution in [0.1, 0.15) is 19.4 Å². The highest BCUT2D eigenvalue weighted by atomic mass is 32.2. The van der Waals surface area contributed by atoms with Crippen LogP contribution in [0.2, 0.25) is 0 Å². The first-order valence-corrected chi connectivity index (χ1v) is 7.96. The second-order valence-electron chi connectivity index (χ2n) is 3.98. The van der Waals surface area contributed by atoms with Crippen molar-refractivity contribution in [3.63, 3.8) is 0 Å². The van der Waals surface area contributed by atoms with Gasteiger partial charge < -0.3 is 10.1 Å². The molecule has 0 amide bonds. The molecule has 19 heavy (non-hydrogen) atoms. The second kappa shape index (κ2) is 8.27. The Morgan fingerprint density at radius 3 is 2.63 bits per heavy atom. The molecule has 0 aliphatic rings. The first kappa shape index (κ1) is 16.1. The number of hydrogen-bond donors (Lipinski definition) is 2. The van der Waals surface area contributed by atoms with E-state index >= 15 is 0 Å². The first-order valence-electron chi connectivity index (χ1n) is 6.47. The lowest BCUT2D eigenvalue weighted by molar-refractivity contribution is 0.153. The van der Waals surface area contributed by atoms with Gasteiger partial charge in [0.05, 0.1) is 11.5 Å². The van der Waals surface area contributed by atoms with E-state index in [2.05, 4.69) is 10.0 Å². The molecule has 0 bridgehead atoms. The summed E-state index contributed by atoms with van der Waals surface area (Å²) in [5.74, 6) is 0. The molecule has 0 saturated carbocycles. The first-order chi connectivity index (χ1) is 9.11. The number of ether oxygens (including phenoxy) is 1. The van der Waals surface area contributed by atoms with Gasteiger partial charge in [-0.3, -0.25) is 0 Å². The quantitative estimate of drug-likeness (QED) is 0.667. The molecule has 1 aromatic rings. The van der Waals surface area contributed by atoms with E-state index in [0.29, 0.717) is 24.7 Å². The molecule has 0 radical (unpaired) electrons. The van der Waals surface area contributed by atoms with Crippen molar-refractivity contribution < 1.29 is 13.2 Å². The van der Waals surface area contributed by atoms with Crippen LogP contribution in [0.15, 0.2) is 29.2 Å². The molecule has 0 aliphatic heterocycles. The van der Waals surface area contributed by atoms with Gasteiger partial charge in [0.25, 0.3) is 0 Å². The molecule has 0 heterocycles. The fraction of sp³-hybridized carbons (Fsp3) is 0.538. The molecule has 5 nitrogen and oxygen atoms in total. The van der Waals surface area contributed by atoms with Crippen LogP contribution in [0.4, 0.5) is 0 Å². The van der Waals surface area contributed by atoms with Crippen molar-refractivity contribution in [2.75, 3.05) is 26.3 Å². The van der Waals surface area contributed by atoms with Gasteiger partial charge in [-0.15, -0.1) is 0 Å². The van der Waals surface area contributed by atoms with Gasteiger partial charge in [0.1, 0.15) is 0 Å². The predicted octanol–water partition coefficient (Wildman–Crippen LogP) is 1.11. The molecule has 0 unspecified atom stereocenters. The molecular formula is C13H22N2O3S. The SMILES string of the molecule is CCNCc1ccccc1S(=O)(=O)NCCOCC. The third kappa shape index (κ3) is 5.28. The molecule has 108 valence electrons.